The molecule has 3 aromatic carbocycles. The Labute approximate surface area is 197 Å². The molecule has 1 fully saturated rings. The van der Waals surface area contributed by atoms with Crippen LogP contribution in [0.15, 0.2) is 72.8 Å². The van der Waals surface area contributed by atoms with Crippen molar-refractivity contribution in [1.82, 2.24) is 10.2 Å². The average Bonchev–Trinajstić information content (AvgIpc) is 2.83. The smallest absolute Gasteiger partial charge is 0.254 e. The molecule has 1 heterocycles. The number of hydrogen-bond acceptors (Lipinski definition) is 3. The summed E-state index contributed by atoms with van der Waals surface area (Å²) in [5, 5.41) is 3.41. The summed E-state index contributed by atoms with van der Waals surface area (Å²) in [4.78, 5) is 15.5. The minimum atomic E-state index is 0.113. The Morgan fingerprint density at radius 1 is 0.935 bits per heavy atom. The van der Waals surface area contributed by atoms with Crippen molar-refractivity contribution in [2.45, 2.75) is 25.4 Å². The molecule has 0 aliphatic carbocycles. The summed E-state index contributed by atoms with van der Waals surface area (Å²) in [6, 6.07) is 24.7. The summed E-state index contributed by atoms with van der Waals surface area (Å²) in [7, 11) is 1.68. The second kappa shape index (κ2) is 10.3. The summed E-state index contributed by atoms with van der Waals surface area (Å²) in [5.41, 5.74) is 4.21. The van der Waals surface area contributed by atoms with E-state index in [1.807, 2.05) is 36.4 Å². The highest BCUT2D eigenvalue weighted by atomic mass is 127. The summed E-state index contributed by atoms with van der Waals surface area (Å²) < 4.78 is 6.38. The highest BCUT2D eigenvalue weighted by Gasteiger charge is 2.26. The van der Waals surface area contributed by atoms with Crippen LogP contribution >= 0.6 is 22.6 Å². The molecule has 31 heavy (non-hydrogen) atoms. The summed E-state index contributed by atoms with van der Waals surface area (Å²) in [6.45, 7) is 2.54. The maximum absolute atomic E-state index is 13.4. The molecular weight excluding hydrogens is 499 g/mol. The van der Waals surface area contributed by atoms with Crippen LogP contribution in [-0.2, 0) is 6.54 Å². The molecule has 1 amide bonds. The van der Waals surface area contributed by atoms with Gasteiger partial charge in [0, 0.05) is 21.7 Å². The average molecular weight is 526 g/mol. The number of halogens is 1. The molecule has 0 aromatic heterocycles. The molecule has 3 aromatic rings. The molecular formula is C26H27IN2O2. The number of nitrogens with zero attached hydrogens (tertiary/aromatic N) is 1. The first-order chi connectivity index (χ1) is 15.1. The van der Waals surface area contributed by atoms with Crippen LogP contribution in [0.5, 0.6) is 5.75 Å². The van der Waals surface area contributed by atoms with Crippen molar-refractivity contribution >= 4 is 28.5 Å². The lowest BCUT2D eigenvalue weighted by Crippen LogP contribution is -2.45. The monoisotopic (exact) mass is 526 g/mol. The van der Waals surface area contributed by atoms with Gasteiger partial charge in [-0.05, 0) is 102 Å². The number of ether oxygens (including phenoxy) is 1. The Kier molecular flexibility index (Phi) is 7.25. The van der Waals surface area contributed by atoms with Gasteiger partial charge in [-0.15, -0.1) is 0 Å². The molecule has 1 aliphatic rings. The fraction of sp³-hybridized carbons (Fsp3) is 0.269. The van der Waals surface area contributed by atoms with E-state index in [4.69, 9.17) is 4.74 Å². The summed E-state index contributed by atoms with van der Waals surface area (Å²) in [5.74, 6) is 0.967. The van der Waals surface area contributed by atoms with Gasteiger partial charge in [-0.3, -0.25) is 4.79 Å². The first-order valence-electron chi connectivity index (χ1n) is 10.6. The van der Waals surface area contributed by atoms with Crippen LogP contribution in [0, 0.1) is 3.57 Å². The van der Waals surface area contributed by atoms with Gasteiger partial charge in [-0.1, -0.05) is 36.4 Å². The predicted molar refractivity (Wildman–Crippen MR) is 133 cm³/mol. The van der Waals surface area contributed by atoms with Crippen LogP contribution in [0.1, 0.15) is 28.8 Å². The van der Waals surface area contributed by atoms with E-state index in [-0.39, 0.29) is 11.9 Å². The summed E-state index contributed by atoms with van der Waals surface area (Å²) in [6.07, 6.45) is 1.97. The number of hydrogen-bond donors (Lipinski definition) is 1. The van der Waals surface area contributed by atoms with E-state index in [1.165, 1.54) is 0 Å². The molecule has 0 bridgehead atoms. The molecule has 4 nitrogen and oxygen atoms in total. The second-order valence-corrected chi connectivity index (χ2v) is 9.09. The maximum atomic E-state index is 13.4. The van der Waals surface area contributed by atoms with Crippen LogP contribution < -0.4 is 10.1 Å². The third-order valence-corrected chi connectivity index (χ3v) is 6.55. The van der Waals surface area contributed by atoms with Crippen LogP contribution in [0.4, 0.5) is 0 Å². The number of carbonyl (C=O) groups excluding carboxylic acids is 1. The van der Waals surface area contributed by atoms with E-state index in [2.05, 4.69) is 69.2 Å². The minimum absolute atomic E-state index is 0.113. The van der Waals surface area contributed by atoms with Gasteiger partial charge in [-0.2, -0.15) is 0 Å². The lowest BCUT2D eigenvalue weighted by Gasteiger charge is -2.35. The Bertz CT molecular complexity index is 995. The van der Waals surface area contributed by atoms with Gasteiger partial charge < -0.3 is 15.0 Å². The van der Waals surface area contributed by atoms with E-state index in [0.717, 1.165) is 57.5 Å². The van der Waals surface area contributed by atoms with Gasteiger partial charge in [0.15, 0.2) is 0 Å². The van der Waals surface area contributed by atoms with Crippen LogP contribution in [-0.4, -0.2) is 37.0 Å². The van der Waals surface area contributed by atoms with Crippen molar-refractivity contribution < 1.29 is 9.53 Å². The quantitative estimate of drug-likeness (QED) is 0.440. The van der Waals surface area contributed by atoms with E-state index < -0.39 is 0 Å². The molecule has 1 N–H and O–H groups in total. The zero-order valence-electron chi connectivity index (χ0n) is 17.7. The van der Waals surface area contributed by atoms with E-state index >= 15 is 0 Å². The molecule has 4 rings (SSSR count). The molecule has 160 valence electrons. The van der Waals surface area contributed by atoms with Crippen molar-refractivity contribution in [2.24, 2.45) is 0 Å². The van der Waals surface area contributed by atoms with Gasteiger partial charge >= 0.3 is 0 Å². The van der Waals surface area contributed by atoms with Crippen molar-refractivity contribution in [2.75, 3.05) is 20.2 Å². The minimum Gasteiger partial charge on any atom is -0.497 e. The first-order valence-corrected chi connectivity index (χ1v) is 11.7. The largest absolute Gasteiger partial charge is 0.497 e. The molecule has 1 aliphatic heterocycles. The molecule has 0 saturated carbocycles. The fourth-order valence-electron chi connectivity index (χ4n) is 4.03. The second-order valence-electron chi connectivity index (χ2n) is 7.85. The van der Waals surface area contributed by atoms with Crippen molar-refractivity contribution in [1.29, 1.82) is 0 Å². The third kappa shape index (κ3) is 5.46. The van der Waals surface area contributed by atoms with Gasteiger partial charge in [0.2, 0.25) is 0 Å². The van der Waals surface area contributed by atoms with Crippen molar-refractivity contribution in [3.8, 4) is 16.9 Å². The van der Waals surface area contributed by atoms with Gasteiger partial charge in [0.25, 0.3) is 5.91 Å². The van der Waals surface area contributed by atoms with Crippen LogP contribution in [0.3, 0.4) is 0 Å². The van der Waals surface area contributed by atoms with Gasteiger partial charge in [0.05, 0.1) is 7.11 Å². The number of carbonyl (C=O) groups is 1. The standard InChI is InChI=1S/C26H27IN2O2/c1-31-25-12-8-21(9-13-25)20-4-2-19(3-5-20)18-29(24-14-16-28-17-15-24)26(30)22-6-10-23(27)11-7-22/h2-13,24,28H,14-18H2,1H3. The lowest BCUT2D eigenvalue weighted by atomic mass is 10.0. The van der Waals surface area contributed by atoms with E-state index in [1.54, 1.807) is 7.11 Å². The number of amides is 1. The number of piperidine rings is 1. The number of benzene rings is 3. The van der Waals surface area contributed by atoms with Crippen LogP contribution in [0.2, 0.25) is 0 Å². The van der Waals surface area contributed by atoms with E-state index in [9.17, 15) is 4.79 Å². The highest BCUT2D eigenvalue weighted by molar-refractivity contribution is 14.1. The normalized spacial score (nSPS) is 14.3. The molecule has 0 radical (unpaired) electrons. The lowest BCUT2D eigenvalue weighted by molar-refractivity contribution is 0.0623. The number of methoxy groups -OCH3 is 1. The molecule has 0 unspecified atom stereocenters. The van der Waals surface area contributed by atoms with Crippen molar-refractivity contribution in [3.05, 3.63) is 87.5 Å². The van der Waals surface area contributed by atoms with Gasteiger partial charge in [0.1, 0.15) is 5.75 Å². The highest BCUT2D eigenvalue weighted by Crippen LogP contribution is 2.24. The van der Waals surface area contributed by atoms with Gasteiger partial charge in [-0.25, -0.2) is 0 Å². The zero-order valence-corrected chi connectivity index (χ0v) is 19.8. The Hall–Kier alpha value is -2.38. The number of nitrogens with one attached hydrogen (secondary N) is 1. The Morgan fingerprint density at radius 3 is 2.10 bits per heavy atom. The summed E-state index contributed by atoms with van der Waals surface area (Å²) >= 11 is 2.27. The predicted octanol–water partition coefficient (Wildman–Crippen LogP) is 5.36. The first kappa shape index (κ1) is 21.8. The van der Waals surface area contributed by atoms with Crippen molar-refractivity contribution in [3.63, 3.8) is 0 Å². The molecule has 0 atom stereocenters. The maximum Gasteiger partial charge on any atom is 0.254 e. The number of rotatable bonds is 6. The van der Waals surface area contributed by atoms with Crippen LogP contribution in [0.25, 0.3) is 11.1 Å². The SMILES string of the molecule is COc1ccc(-c2ccc(CN(C(=O)c3ccc(I)cc3)C3CCNCC3)cc2)cc1. The molecule has 5 heteroatoms. The third-order valence-electron chi connectivity index (χ3n) is 5.83. The molecule has 0 spiro atoms. The van der Waals surface area contributed by atoms with E-state index in [0.29, 0.717) is 6.54 Å². The topological polar surface area (TPSA) is 41.6 Å². The Morgan fingerprint density at radius 2 is 1.52 bits per heavy atom. The zero-order chi connectivity index (χ0) is 21.6. The Balaban J connectivity index is 1.54. The molecule has 1 saturated heterocycles. The fourth-order valence-corrected chi connectivity index (χ4v) is 4.39.